The molecule has 134 valence electrons. The van der Waals surface area contributed by atoms with Gasteiger partial charge in [-0.25, -0.2) is 0 Å². The lowest BCUT2D eigenvalue weighted by molar-refractivity contribution is 0.0780. The molecule has 25 heavy (non-hydrogen) atoms. The molecule has 0 saturated carbocycles. The molecule has 0 fully saturated rings. The number of nitrogens with one attached hydrogen (secondary N) is 2. The van der Waals surface area contributed by atoms with E-state index in [2.05, 4.69) is 15.2 Å². The number of H-pyrrole nitrogens is 2. The summed E-state index contributed by atoms with van der Waals surface area (Å²) in [6.07, 6.45) is 5.52. The van der Waals surface area contributed by atoms with Crippen LogP contribution in [0.15, 0.2) is 4.79 Å². The molecule has 0 bridgehead atoms. The number of halogens is 1. The van der Waals surface area contributed by atoms with Gasteiger partial charge >= 0.3 is 0 Å². The molecule has 3 rings (SSSR count). The number of nitrogens with zero attached hydrogens (tertiary/aromatic N) is 2. The van der Waals surface area contributed by atoms with Crippen molar-refractivity contribution >= 4 is 17.5 Å². The molecule has 0 radical (unpaired) electrons. The first-order valence-electron chi connectivity index (χ1n) is 8.59. The molecule has 2 heterocycles. The van der Waals surface area contributed by atoms with Gasteiger partial charge in [0, 0.05) is 18.4 Å². The number of hydrogen-bond acceptors (Lipinski definition) is 3. The van der Waals surface area contributed by atoms with Crippen molar-refractivity contribution in [1.82, 2.24) is 20.1 Å². The van der Waals surface area contributed by atoms with E-state index in [9.17, 15) is 9.59 Å². The summed E-state index contributed by atoms with van der Waals surface area (Å²) < 4.78 is 0. The normalized spacial score (nSPS) is 14.1. The minimum atomic E-state index is -0.405. The highest BCUT2D eigenvalue weighted by Gasteiger charge is 2.23. The summed E-state index contributed by atoms with van der Waals surface area (Å²) in [4.78, 5) is 29.3. The van der Waals surface area contributed by atoms with Crippen LogP contribution in [0, 0.1) is 13.8 Å². The number of carbonyl (C=O) groups excluding carboxylic acids is 1. The van der Waals surface area contributed by atoms with Crippen LogP contribution in [0.3, 0.4) is 0 Å². The number of carbonyl (C=O) groups is 1. The van der Waals surface area contributed by atoms with Gasteiger partial charge in [-0.05, 0) is 50.7 Å². The Hall–Kier alpha value is -2.08. The van der Waals surface area contributed by atoms with Crippen LogP contribution in [0.2, 0.25) is 5.02 Å². The Morgan fingerprint density at radius 1 is 1.24 bits per heavy atom. The van der Waals surface area contributed by atoms with Crippen LogP contribution in [0.1, 0.15) is 57.8 Å². The van der Waals surface area contributed by atoms with E-state index in [4.69, 9.17) is 11.6 Å². The monoisotopic (exact) mass is 362 g/mol. The van der Waals surface area contributed by atoms with Crippen LogP contribution in [0.4, 0.5) is 0 Å². The predicted molar refractivity (Wildman–Crippen MR) is 97.2 cm³/mol. The molecule has 0 aliphatic heterocycles. The van der Waals surface area contributed by atoms with Crippen LogP contribution in [0.5, 0.6) is 0 Å². The van der Waals surface area contributed by atoms with Gasteiger partial charge in [0.15, 0.2) is 0 Å². The first-order chi connectivity index (χ1) is 11.9. The molecule has 0 saturated heterocycles. The first kappa shape index (κ1) is 17.7. The molecule has 1 amide bonds. The molecular weight excluding hydrogens is 340 g/mol. The van der Waals surface area contributed by atoms with E-state index < -0.39 is 5.56 Å². The van der Waals surface area contributed by atoms with Crippen LogP contribution >= 0.6 is 11.6 Å². The van der Waals surface area contributed by atoms with Gasteiger partial charge in [0.25, 0.3) is 11.5 Å². The van der Waals surface area contributed by atoms with E-state index in [0.717, 1.165) is 25.0 Å². The summed E-state index contributed by atoms with van der Waals surface area (Å²) in [6.45, 7) is 3.79. The summed E-state index contributed by atoms with van der Waals surface area (Å²) in [5, 5.41) is 7.94. The van der Waals surface area contributed by atoms with Crippen LogP contribution in [0.25, 0.3) is 0 Å². The van der Waals surface area contributed by atoms with Gasteiger partial charge in [0.05, 0.1) is 17.3 Å². The average Bonchev–Trinajstić information content (AvgIpc) is 2.80. The molecule has 0 atom stereocenters. The Labute approximate surface area is 151 Å². The maximum atomic E-state index is 12.8. The van der Waals surface area contributed by atoms with Gasteiger partial charge in [-0.1, -0.05) is 18.0 Å². The molecule has 2 aromatic rings. The van der Waals surface area contributed by atoms with Crippen molar-refractivity contribution in [2.24, 2.45) is 0 Å². The SMILES string of the molecule is Cc1[nH]c(=O)c(C(=O)N(C)Cc2n[nH]c3c2CCCCC3)c(C)c1Cl. The maximum absolute atomic E-state index is 12.8. The van der Waals surface area contributed by atoms with E-state index in [1.54, 1.807) is 20.9 Å². The highest BCUT2D eigenvalue weighted by molar-refractivity contribution is 6.32. The standard InChI is InChI=1S/C18H23ClN4O2/c1-10-15(17(24)20-11(2)16(10)19)18(25)23(3)9-14-12-7-5-4-6-8-13(12)21-22-14/h4-9H2,1-3H3,(H,20,24)(H,21,22). The molecule has 1 aliphatic carbocycles. The largest absolute Gasteiger partial charge is 0.336 e. The van der Waals surface area contributed by atoms with Gasteiger partial charge in [0.2, 0.25) is 0 Å². The van der Waals surface area contributed by atoms with Crippen molar-refractivity contribution in [3.8, 4) is 0 Å². The summed E-state index contributed by atoms with van der Waals surface area (Å²) in [7, 11) is 1.69. The van der Waals surface area contributed by atoms with Crippen LogP contribution in [-0.2, 0) is 19.4 Å². The molecular formula is C18H23ClN4O2. The lowest BCUT2D eigenvalue weighted by atomic mass is 10.1. The van der Waals surface area contributed by atoms with Crippen molar-refractivity contribution < 1.29 is 4.79 Å². The van der Waals surface area contributed by atoms with Crippen molar-refractivity contribution in [2.75, 3.05) is 7.05 Å². The van der Waals surface area contributed by atoms with Crippen molar-refractivity contribution in [2.45, 2.75) is 52.5 Å². The molecule has 2 N–H and O–H groups in total. The van der Waals surface area contributed by atoms with E-state index in [-0.39, 0.29) is 11.5 Å². The highest BCUT2D eigenvalue weighted by atomic mass is 35.5. The lowest BCUT2D eigenvalue weighted by Crippen LogP contribution is -2.33. The second-order valence-electron chi connectivity index (χ2n) is 6.74. The Balaban J connectivity index is 1.87. The third-order valence-corrected chi connectivity index (χ3v) is 5.47. The van der Waals surface area contributed by atoms with E-state index >= 15 is 0 Å². The zero-order valence-corrected chi connectivity index (χ0v) is 15.6. The highest BCUT2D eigenvalue weighted by Crippen LogP contribution is 2.24. The quantitative estimate of drug-likeness (QED) is 0.823. The fourth-order valence-electron chi connectivity index (χ4n) is 3.45. The Kier molecular flexibility index (Phi) is 4.99. The molecule has 7 heteroatoms. The first-order valence-corrected chi connectivity index (χ1v) is 8.97. The van der Waals surface area contributed by atoms with Crippen molar-refractivity contribution in [3.63, 3.8) is 0 Å². The smallest absolute Gasteiger partial charge is 0.261 e. The number of rotatable bonds is 3. The zero-order chi connectivity index (χ0) is 18.1. The number of fused-ring (bicyclic) bond motifs is 1. The minimum absolute atomic E-state index is 0.0970. The third-order valence-electron chi connectivity index (χ3n) is 4.90. The fraction of sp³-hybridized carbons (Fsp3) is 0.500. The van der Waals surface area contributed by atoms with E-state index in [1.807, 2.05) is 0 Å². The fourth-order valence-corrected chi connectivity index (χ4v) is 3.59. The molecule has 2 aromatic heterocycles. The number of amides is 1. The number of hydrogen-bond donors (Lipinski definition) is 2. The molecule has 0 unspecified atom stereocenters. The van der Waals surface area contributed by atoms with Gasteiger partial charge in [-0.3, -0.25) is 14.7 Å². The van der Waals surface area contributed by atoms with Crippen molar-refractivity contribution in [1.29, 1.82) is 0 Å². The Morgan fingerprint density at radius 3 is 2.72 bits per heavy atom. The Bertz CT molecular complexity index is 869. The molecule has 0 aromatic carbocycles. The summed E-state index contributed by atoms with van der Waals surface area (Å²) in [6, 6.07) is 0. The topological polar surface area (TPSA) is 81.8 Å². The summed E-state index contributed by atoms with van der Waals surface area (Å²) >= 11 is 6.20. The average molecular weight is 363 g/mol. The van der Waals surface area contributed by atoms with Gasteiger partial charge in [0.1, 0.15) is 5.56 Å². The van der Waals surface area contributed by atoms with Gasteiger partial charge < -0.3 is 9.88 Å². The van der Waals surface area contributed by atoms with E-state index in [0.29, 0.717) is 22.8 Å². The van der Waals surface area contributed by atoms with Crippen LogP contribution < -0.4 is 5.56 Å². The molecule has 6 nitrogen and oxygen atoms in total. The van der Waals surface area contributed by atoms with E-state index in [1.165, 1.54) is 29.0 Å². The zero-order valence-electron chi connectivity index (χ0n) is 14.8. The van der Waals surface area contributed by atoms with Crippen molar-refractivity contribution in [3.05, 3.63) is 49.1 Å². The number of aromatic nitrogens is 3. The van der Waals surface area contributed by atoms with Crippen LogP contribution in [-0.4, -0.2) is 33.0 Å². The summed E-state index contributed by atoms with van der Waals surface area (Å²) in [5.74, 6) is -0.342. The lowest BCUT2D eigenvalue weighted by Gasteiger charge is -2.18. The van der Waals surface area contributed by atoms with Gasteiger partial charge in [-0.2, -0.15) is 5.10 Å². The second kappa shape index (κ2) is 7.04. The molecule has 0 spiro atoms. The summed E-state index contributed by atoms with van der Waals surface area (Å²) in [5.41, 5.74) is 4.07. The number of aromatic amines is 2. The number of pyridine rings is 1. The number of aryl methyl sites for hydroxylation is 2. The third kappa shape index (κ3) is 3.35. The Morgan fingerprint density at radius 2 is 1.96 bits per heavy atom. The second-order valence-corrected chi connectivity index (χ2v) is 7.12. The maximum Gasteiger partial charge on any atom is 0.261 e. The van der Waals surface area contributed by atoms with Gasteiger partial charge in [-0.15, -0.1) is 0 Å². The molecule has 1 aliphatic rings. The minimum Gasteiger partial charge on any atom is -0.336 e. The predicted octanol–water partition coefficient (Wildman–Crippen LogP) is 2.91.